The number of nitrogens with zero attached hydrogens (tertiary/aromatic N) is 1. The summed E-state index contributed by atoms with van der Waals surface area (Å²) in [7, 11) is 0. The van der Waals surface area contributed by atoms with Crippen LogP contribution in [0.15, 0.2) is 12.7 Å². The van der Waals surface area contributed by atoms with Crippen LogP contribution in [0.25, 0.3) is 0 Å². The van der Waals surface area contributed by atoms with Crippen molar-refractivity contribution >= 4 is 17.5 Å². The molecule has 2 nitrogen and oxygen atoms in total. The molecule has 0 N–H and O–H groups in total. The highest BCUT2D eigenvalue weighted by Crippen LogP contribution is 2.15. The minimum atomic E-state index is -0.133. The number of hydrogen-bond donors (Lipinski definition) is 0. The predicted molar refractivity (Wildman–Crippen MR) is 66.2 cm³/mol. The van der Waals surface area contributed by atoms with E-state index < -0.39 is 0 Å². The van der Waals surface area contributed by atoms with Crippen molar-refractivity contribution in [2.75, 3.05) is 12.4 Å². The monoisotopic (exact) mass is 231 g/mol. The van der Waals surface area contributed by atoms with Crippen molar-refractivity contribution in [1.29, 1.82) is 0 Å². The second kappa shape index (κ2) is 6.89. The van der Waals surface area contributed by atoms with Gasteiger partial charge in [-0.25, -0.2) is 0 Å². The average molecular weight is 232 g/mol. The van der Waals surface area contributed by atoms with Crippen LogP contribution in [0.5, 0.6) is 0 Å². The molecule has 0 unspecified atom stereocenters. The number of halogens is 1. The van der Waals surface area contributed by atoms with E-state index >= 15 is 0 Å². The van der Waals surface area contributed by atoms with Crippen LogP contribution in [0.4, 0.5) is 0 Å². The molecule has 0 aromatic heterocycles. The standard InChI is InChI=1S/C12H22ClNO/c1-5-10-14(12(2,3)4)11(15)8-6-7-9-13/h5H,1,6-10H2,2-4H3. The molecular weight excluding hydrogens is 210 g/mol. The van der Waals surface area contributed by atoms with Crippen LogP contribution in [0.1, 0.15) is 40.0 Å². The molecule has 0 aromatic carbocycles. The van der Waals surface area contributed by atoms with Gasteiger partial charge in [-0.1, -0.05) is 6.08 Å². The number of alkyl halides is 1. The lowest BCUT2D eigenvalue weighted by Crippen LogP contribution is -2.45. The Labute approximate surface area is 98.3 Å². The molecular formula is C12H22ClNO. The summed E-state index contributed by atoms with van der Waals surface area (Å²) < 4.78 is 0. The molecule has 0 atom stereocenters. The summed E-state index contributed by atoms with van der Waals surface area (Å²) in [6.07, 6.45) is 4.12. The van der Waals surface area contributed by atoms with Gasteiger partial charge in [-0.3, -0.25) is 4.79 Å². The van der Waals surface area contributed by atoms with Crippen molar-refractivity contribution < 1.29 is 4.79 Å². The molecule has 0 radical (unpaired) electrons. The molecule has 0 aliphatic heterocycles. The quantitative estimate of drug-likeness (QED) is 0.391. The number of unbranched alkanes of at least 4 members (excludes halogenated alkanes) is 1. The van der Waals surface area contributed by atoms with E-state index in [1.807, 2.05) is 25.7 Å². The van der Waals surface area contributed by atoms with Gasteiger partial charge in [0.2, 0.25) is 5.91 Å². The maximum Gasteiger partial charge on any atom is 0.223 e. The van der Waals surface area contributed by atoms with Crippen molar-refractivity contribution in [1.82, 2.24) is 4.90 Å². The normalized spacial score (nSPS) is 11.2. The van der Waals surface area contributed by atoms with Gasteiger partial charge in [0.05, 0.1) is 0 Å². The number of carbonyl (C=O) groups is 1. The van der Waals surface area contributed by atoms with Gasteiger partial charge in [-0.15, -0.1) is 18.2 Å². The van der Waals surface area contributed by atoms with E-state index in [9.17, 15) is 4.79 Å². The van der Waals surface area contributed by atoms with Crippen LogP contribution >= 0.6 is 11.6 Å². The summed E-state index contributed by atoms with van der Waals surface area (Å²) in [5.41, 5.74) is -0.133. The fourth-order valence-electron chi connectivity index (χ4n) is 1.38. The lowest BCUT2D eigenvalue weighted by atomic mass is 10.0. The molecule has 0 fully saturated rings. The van der Waals surface area contributed by atoms with Crippen LogP contribution in [0.3, 0.4) is 0 Å². The third-order valence-corrected chi connectivity index (χ3v) is 2.46. The second-order valence-electron chi connectivity index (χ2n) is 4.61. The van der Waals surface area contributed by atoms with Gasteiger partial charge in [0.15, 0.2) is 0 Å². The smallest absolute Gasteiger partial charge is 0.223 e. The summed E-state index contributed by atoms with van der Waals surface area (Å²) in [5.74, 6) is 0.817. The molecule has 0 bridgehead atoms. The first-order valence-corrected chi connectivity index (χ1v) is 5.94. The number of hydrogen-bond acceptors (Lipinski definition) is 1. The molecule has 0 aromatic rings. The van der Waals surface area contributed by atoms with Crippen molar-refractivity contribution in [3.8, 4) is 0 Å². The molecule has 0 aliphatic rings. The lowest BCUT2D eigenvalue weighted by molar-refractivity contribution is -0.135. The summed E-state index contributed by atoms with van der Waals surface area (Å²) in [6, 6.07) is 0. The first kappa shape index (κ1) is 14.5. The number of carbonyl (C=O) groups excluding carboxylic acids is 1. The highest BCUT2D eigenvalue weighted by Gasteiger charge is 2.24. The molecule has 3 heteroatoms. The van der Waals surface area contributed by atoms with Crippen LogP contribution in [0.2, 0.25) is 0 Å². The van der Waals surface area contributed by atoms with Crippen LogP contribution < -0.4 is 0 Å². The average Bonchev–Trinajstić information content (AvgIpc) is 2.12. The van der Waals surface area contributed by atoms with Crippen LogP contribution in [0, 0.1) is 0 Å². The summed E-state index contributed by atoms with van der Waals surface area (Å²) in [5, 5.41) is 0. The van der Waals surface area contributed by atoms with Crippen molar-refractivity contribution in [3.63, 3.8) is 0 Å². The Balaban J connectivity index is 4.23. The Morgan fingerprint density at radius 3 is 2.40 bits per heavy atom. The highest BCUT2D eigenvalue weighted by atomic mass is 35.5. The Hall–Kier alpha value is -0.500. The SMILES string of the molecule is C=CCN(C(=O)CCCCCl)C(C)(C)C. The van der Waals surface area contributed by atoms with Crippen molar-refractivity contribution in [2.24, 2.45) is 0 Å². The summed E-state index contributed by atoms with van der Waals surface area (Å²) in [6.45, 7) is 10.4. The first-order chi connectivity index (χ1) is 6.93. The van der Waals surface area contributed by atoms with Gasteiger partial charge >= 0.3 is 0 Å². The molecule has 0 heterocycles. The van der Waals surface area contributed by atoms with E-state index in [1.165, 1.54) is 0 Å². The van der Waals surface area contributed by atoms with E-state index in [0.29, 0.717) is 18.8 Å². The third kappa shape index (κ3) is 5.83. The second-order valence-corrected chi connectivity index (χ2v) is 4.99. The molecule has 1 amide bonds. The fraction of sp³-hybridized carbons (Fsp3) is 0.750. The molecule has 0 rings (SSSR count). The largest absolute Gasteiger partial charge is 0.334 e. The van der Waals surface area contributed by atoms with Crippen molar-refractivity contribution in [2.45, 2.75) is 45.6 Å². The number of amides is 1. The summed E-state index contributed by atoms with van der Waals surface area (Å²) >= 11 is 5.57. The zero-order valence-electron chi connectivity index (χ0n) is 10.1. The van der Waals surface area contributed by atoms with E-state index in [2.05, 4.69) is 6.58 Å². The minimum absolute atomic E-state index is 0.133. The maximum absolute atomic E-state index is 11.9. The van der Waals surface area contributed by atoms with Crippen molar-refractivity contribution in [3.05, 3.63) is 12.7 Å². The fourth-order valence-corrected chi connectivity index (χ4v) is 1.57. The first-order valence-electron chi connectivity index (χ1n) is 5.40. The molecule has 0 spiro atoms. The Bertz CT molecular complexity index is 208. The maximum atomic E-state index is 11.9. The molecule has 0 saturated heterocycles. The number of rotatable bonds is 6. The highest BCUT2D eigenvalue weighted by molar-refractivity contribution is 6.17. The van der Waals surface area contributed by atoms with Crippen LogP contribution in [-0.2, 0) is 4.79 Å². The van der Waals surface area contributed by atoms with Gasteiger partial charge in [0.25, 0.3) is 0 Å². The zero-order valence-corrected chi connectivity index (χ0v) is 10.8. The molecule has 0 saturated carbocycles. The van der Waals surface area contributed by atoms with Gasteiger partial charge in [-0.2, -0.15) is 0 Å². The Morgan fingerprint density at radius 2 is 2.00 bits per heavy atom. The van der Waals surface area contributed by atoms with Gasteiger partial charge in [-0.05, 0) is 33.6 Å². The zero-order chi connectivity index (χ0) is 11.9. The Morgan fingerprint density at radius 1 is 1.40 bits per heavy atom. The van der Waals surface area contributed by atoms with Gasteiger partial charge < -0.3 is 4.90 Å². The Kier molecular flexibility index (Phi) is 6.66. The van der Waals surface area contributed by atoms with E-state index in [1.54, 1.807) is 6.08 Å². The molecule has 0 aliphatic carbocycles. The minimum Gasteiger partial charge on any atom is -0.334 e. The van der Waals surface area contributed by atoms with E-state index in [4.69, 9.17) is 11.6 Å². The molecule has 15 heavy (non-hydrogen) atoms. The topological polar surface area (TPSA) is 20.3 Å². The molecule has 88 valence electrons. The summed E-state index contributed by atoms with van der Waals surface area (Å²) in [4.78, 5) is 13.7. The lowest BCUT2D eigenvalue weighted by Gasteiger charge is -2.35. The van der Waals surface area contributed by atoms with E-state index in [0.717, 1.165) is 12.8 Å². The van der Waals surface area contributed by atoms with Crippen LogP contribution in [-0.4, -0.2) is 28.8 Å². The van der Waals surface area contributed by atoms with Gasteiger partial charge in [0, 0.05) is 24.4 Å². The van der Waals surface area contributed by atoms with Gasteiger partial charge in [0.1, 0.15) is 0 Å². The van der Waals surface area contributed by atoms with E-state index in [-0.39, 0.29) is 11.4 Å². The predicted octanol–water partition coefficient (Wildman–Crippen LogP) is 3.21. The third-order valence-electron chi connectivity index (χ3n) is 2.20.